The minimum atomic E-state index is -2.67. The minimum absolute atomic E-state index is 0.144. The van der Waals surface area contributed by atoms with E-state index in [1.54, 1.807) is 7.05 Å². The standard InChI is InChI=1S/C18H25F4N3O2/c1-17(2,3)12-13(10-7-18(21,22)8-10)24-25(4)15(12)23-16(26)27-11-5-9(6-11)14(19)20/h9-11,14H,5-8H2,1-4H3,(H,23,26). The van der Waals surface area contributed by atoms with Crippen molar-refractivity contribution in [3.05, 3.63) is 11.3 Å². The Morgan fingerprint density at radius 3 is 2.37 bits per heavy atom. The molecule has 3 rings (SSSR count). The van der Waals surface area contributed by atoms with Gasteiger partial charge >= 0.3 is 6.09 Å². The topological polar surface area (TPSA) is 56.2 Å². The van der Waals surface area contributed by atoms with Crippen LogP contribution in [-0.4, -0.2) is 34.3 Å². The van der Waals surface area contributed by atoms with E-state index in [4.69, 9.17) is 4.74 Å². The normalized spacial score (nSPS) is 25.1. The summed E-state index contributed by atoms with van der Waals surface area (Å²) in [7, 11) is 1.63. The molecule has 1 aromatic heterocycles. The molecule has 1 aromatic rings. The van der Waals surface area contributed by atoms with Gasteiger partial charge in [-0.15, -0.1) is 0 Å². The lowest BCUT2D eigenvalue weighted by Crippen LogP contribution is -2.38. The van der Waals surface area contributed by atoms with Gasteiger partial charge in [0.1, 0.15) is 11.9 Å². The highest BCUT2D eigenvalue weighted by Gasteiger charge is 2.49. The summed E-state index contributed by atoms with van der Waals surface area (Å²) in [5.74, 6) is -3.36. The van der Waals surface area contributed by atoms with Gasteiger partial charge in [-0.3, -0.25) is 10.00 Å². The van der Waals surface area contributed by atoms with E-state index in [0.29, 0.717) is 17.1 Å². The van der Waals surface area contributed by atoms with Gasteiger partial charge in [0.25, 0.3) is 0 Å². The lowest BCUT2D eigenvalue weighted by Gasteiger charge is -2.36. The van der Waals surface area contributed by atoms with Crippen molar-refractivity contribution >= 4 is 11.9 Å². The molecular formula is C18H25F4N3O2. The number of ether oxygens (including phenoxy) is 1. The molecule has 0 spiro atoms. The zero-order valence-corrected chi connectivity index (χ0v) is 15.9. The Kier molecular flexibility index (Phi) is 4.93. The summed E-state index contributed by atoms with van der Waals surface area (Å²) in [4.78, 5) is 12.2. The van der Waals surface area contributed by atoms with Crippen LogP contribution in [0.15, 0.2) is 0 Å². The molecule has 1 amide bonds. The first-order valence-electron chi connectivity index (χ1n) is 9.08. The number of halogens is 4. The molecule has 0 bridgehead atoms. The smallest absolute Gasteiger partial charge is 0.413 e. The predicted molar refractivity (Wildman–Crippen MR) is 91.4 cm³/mol. The molecule has 152 valence electrons. The van der Waals surface area contributed by atoms with Crippen molar-refractivity contribution in [1.82, 2.24) is 9.78 Å². The molecule has 2 fully saturated rings. The number of aromatic nitrogens is 2. The molecule has 0 aromatic carbocycles. The van der Waals surface area contributed by atoms with Gasteiger partial charge in [0.05, 0.1) is 5.69 Å². The highest BCUT2D eigenvalue weighted by Crippen LogP contribution is 2.51. The van der Waals surface area contributed by atoms with Crippen molar-refractivity contribution in [2.45, 2.75) is 76.2 Å². The second-order valence-corrected chi connectivity index (χ2v) is 8.66. The third-order valence-electron chi connectivity index (χ3n) is 5.28. The monoisotopic (exact) mass is 391 g/mol. The summed E-state index contributed by atoms with van der Waals surface area (Å²) in [5.41, 5.74) is 0.822. The summed E-state index contributed by atoms with van der Waals surface area (Å²) in [6, 6.07) is 0. The number of carbonyl (C=O) groups excluding carboxylic acids is 1. The number of hydrogen-bond donors (Lipinski definition) is 1. The van der Waals surface area contributed by atoms with Gasteiger partial charge in [-0.05, 0) is 18.3 Å². The van der Waals surface area contributed by atoms with Crippen LogP contribution in [0.25, 0.3) is 0 Å². The van der Waals surface area contributed by atoms with Gasteiger partial charge in [-0.2, -0.15) is 5.10 Å². The second kappa shape index (κ2) is 6.67. The zero-order valence-electron chi connectivity index (χ0n) is 15.9. The zero-order chi connectivity index (χ0) is 20.1. The number of rotatable bonds is 4. The summed E-state index contributed by atoms with van der Waals surface area (Å²) in [6.07, 6.45) is -3.90. The van der Waals surface area contributed by atoms with Gasteiger partial charge < -0.3 is 4.74 Å². The molecule has 2 aliphatic rings. The molecule has 2 aliphatic carbocycles. The van der Waals surface area contributed by atoms with E-state index in [0.717, 1.165) is 0 Å². The maximum absolute atomic E-state index is 13.3. The van der Waals surface area contributed by atoms with Crippen LogP contribution in [0.2, 0.25) is 0 Å². The minimum Gasteiger partial charge on any atom is -0.446 e. The van der Waals surface area contributed by atoms with Crippen LogP contribution >= 0.6 is 0 Å². The van der Waals surface area contributed by atoms with Crippen LogP contribution in [0.1, 0.15) is 63.6 Å². The average Bonchev–Trinajstić information content (AvgIpc) is 2.76. The van der Waals surface area contributed by atoms with Crippen molar-refractivity contribution < 1.29 is 27.1 Å². The maximum Gasteiger partial charge on any atom is 0.413 e. The van der Waals surface area contributed by atoms with Gasteiger partial charge in [0.2, 0.25) is 12.3 Å². The summed E-state index contributed by atoms with van der Waals surface area (Å²) >= 11 is 0. The van der Waals surface area contributed by atoms with Gasteiger partial charge in [0.15, 0.2) is 0 Å². The summed E-state index contributed by atoms with van der Waals surface area (Å²) in [6.45, 7) is 5.75. The molecule has 2 saturated carbocycles. The van der Waals surface area contributed by atoms with Gasteiger partial charge in [-0.1, -0.05) is 20.8 Å². The van der Waals surface area contributed by atoms with E-state index in [1.165, 1.54) is 4.68 Å². The Labute approximate surface area is 155 Å². The van der Waals surface area contributed by atoms with Crippen LogP contribution in [0.4, 0.5) is 28.2 Å². The number of nitrogens with one attached hydrogen (secondary N) is 1. The van der Waals surface area contributed by atoms with E-state index < -0.39 is 35.9 Å². The van der Waals surface area contributed by atoms with Crippen LogP contribution in [-0.2, 0) is 17.2 Å². The van der Waals surface area contributed by atoms with Gasteiger partial charge in [-0.25, -0.2) is 22.4 Å². The number of nitrogens with zero attached hydrogens (tertiary/aromatic N) is 2. The number of aryl methyl sites for hydroxylation is 1. The molecule has 0 atom stereocenters. The Morgan fingerprint density at radius 1 is 1.30 bits per heavy atom. The molecule has 1 N–H and O–H groups in total. The molecule has 9 heteroatoms. The Bertz CT molecular complexity index is 713. The Morgan fingerprint density at radius 2 is 1.89 bits per heavy atom. The van der Waals surface area contributed by atoms with Gasteiger partial charge in [0, 0.05) is 37.3 Å². The summed E-state index contributed by atoms with van der Waals surface area (Å²) < 4.78 is 58.3. The number of hydrogen-bond acceptors (Lipinski definition) is 3. The second-order valence-electron chi connectivity index (χ2n) is 8.66. The van der Waals surface area contributed by atoms with E-state index in [2.05, 4.69) is 10.4 Å². The first-order valence-corrected chi connectivity index (χ1v) is 9.08. The Balaban J connectivity index is 1.73. The quantitative estimate of drug-likeness (QED) is 0.749. The number of alkyl halides is 4. The molecule has 0 saturated heterocycles. The van der Waals surface area contributed by atoms with E-state index >= 15 is 0 Å². The lowest BCUT2D eigenvalue weighted by molar-refractivity contribution is -0.0879. The Hall–Kier alpha value is -1.80. The van der Waals surface area contributed by atoms with Crippen molar-refractivity contribution in [1.29, 1.82) is 0 Å². The van der Waals surface area contributed by atoms with Crippen LogP contribution < -0.4 is 5.32 Å². The highest BCUT2D eigenvalue weighted by molar-refractivity contribution is 5.85. The van der Waals surface area contributed by atoms with Crippen molar-refractivity contribution in [2.75, 3.05) is 5.32 Å². The largest absolute Gasteiger partial charge is 0.446 e. The molecule has 5 nitrogen and oxygen atoms in total. The van der Waals surface area contributed by atoms with Crippen molar-refractivity contribution in [3.8, 4) is 0 Å². The third-order valence-corrected chi connectivity index (χ3v) is 5.28. The number of amides is 1. The van der Waals surface area contributed by atoms with E-state index in [-0.39, 0.29) is 31.6 Å². The summed E-state index contributed by atoms with van der Waals surface area (Å²) in [5, 5.41) is 7.02. The molecule has 0 radical (unpaired) electrons. The van der Waals surface area contributed by atoms with Crippen molar-refractivity contribution in [3.63, 3.8) is 0 Å². The maximum atomic E-state index is 13.3. The first kappa shape index (κ1) is 19.9. The number of carbonyl (C=O) groups is 1. The molecule has 0 unspecified atom stereocenters. The molecule has 0 aliphatic heterocycles. The molecular weight excluding hydrogens is 366 g/mol. The average molecular weight is 391 g/mol. The van der Waals surface area contributed by atoms with Crippen LogP contribution in [0.5, 0.6) is 0 Å². The fourth-order valence-electron chi connectivity index (χ4n) is 3.75. The van der Waals surface area contributed by atoms with E-state index in [9.17, 15) is 22.4 Å². The molecule has 27 heavy (non-hydrogen) atoms. The lowest BCUT2D eigenvalue weighted by atomic mass is 9.74. The molecule has 1 heterocycles. The number of anilines is 1. The van der Waals surface area contributed by atoms with E-state index in [1.807, 2.05) is 20.8 Å². The first-order chi connectivity index (χ1) is 12.4. The fraction of sp³-hybridized carbons (Fsp3) is 0.778. The van der Waals surface area contributed by atoms with Crippen LogP contribution in [0.3, 0.4) is 0 Å². The predicted octanol–water partition coefficient (Wildman–Crippen LogP) is 4.82. The van der Waals surface area contributed by atoms with Crippen molar-refractivity contribution in [2.24, 2.45) is 13.0 Å². The van der Waals surface area contributed by atoms with Crippen LogP contribution in [0, 0.1) is 5.92 Å². The fourth-order valence-corrected chi connectivity index (χ4v) is 3.75. The SMILES string of the molecule is Cn1nc(C2CC(F)(F)C2)c(C(C)(C)C)c1NC(=O)OC1CC(C(F)F)C1. The highest BCUT2D eigenvalue weighted by atomic mass is 19.3. The third kappa shape index (κ3) is 4.06.